The first-order valence-corrected chi connectivity index (χ1v) is 6.53. The Morgan fingerprint density at radius 3 is 2.80 bits per heavy atom. The van der Waals surface area contributed by atoms with Gasteiger partial charge >= 0.3 is 5.97 Å². The van der Waals surface area contributed by atoms with Crippen molar-refractivity contribution in [3.8, 4) is 0 Å². The van der Waals surface area contributed by atoms with Gasteiger partial charge in [-0.15, -0.1) is 0 Å². The topological polar surface area (TPSA) is 26.3 Å². The zero-order valence-electron chi connectivity index (χ0n) is 8.43. The van der Waals surface area contributed by atoms with Crippen LogP contribution in [0.25, 0.3) is 0 Å². The Balaban J connectivity index is 2.97. The molecule has 0 fully saturated rings. The van der Waals surface area contributed by atoms with Gasteiger partial charge in [-0.25, -0.2) is 4.79 Å². The van der Waals surface area contributed by atoms with Gasteiger partial charge in [0, 0.05) is 9.80 Å². The number of esters is 1. The molecule has 0 radical (unpaired) electrons. The van der Waals surface area contributed by atoms with Crippen LogP contribution in [0, 0.1) is 0 Å². The molecule has 15 heavy (non-hydrogen) atoms. The summed E-state index contributed by atoms with van der Waals surface area (Å²) in [6.45, 7) is 0. The maximum Gasteiger partial charge on any atom is 0.338 e. The lowest BCUT2D eigenvalue weighted by Gasteiger charge is -2.07. The minimum Gasteiger partial charge on any atom is -0.465 e. The first-order chi connectivity index (χ1) is 7.19. The molecule has 0 saturated carbocycles. The fourth-order valence-corrected chi connectivity index (χ4v) is 1.97. The van der Waals surface area contributed by atoms with E-state index >= 15 is 0 Å². The van der Waals surface area contributed by atoms with E-state index in [1.54, 1.807) is 6.07 Å². The van der Waals surface area contributed by atoms with Crippen LogP contribution in [0.15, 0.2) is 22.7 Å². The van der Waals surface area contributed by atoms with Crippen molar-refractivity contribution in [2.45, 2.75) is 12.8 Å². The van der Waals surface area contributed by atoms with Crippen molar-refractivity contribution in [2.75, 3.05) is 12.4 Å². The number of hydrogen-bond acceptors (Lipinski definition) is 2. The molecule has 0 N–H and O–H groups in total. The third-order valence-corrected chi connectivity index (χ3v) is 3.11. The summed E-state index contributed by atoms with van der Waals surface area (Å²) in [5, 5.41) is 0.934. The third kappa shape index (κ3) is 3.61. The Hall–Kier alpha value is -0.350. The van der Waals surface area contributed by atoms with E-state index in [1.165, 1.54) is 7.11 Å². The smallest absolute Gasteiger partial charge is 0.338 e. The predicted molar refractivity (Wildman–Crippen MR) is 67.6 cm³/mol. The number of ether oxygens (including phenoxy) is 1. The molecule has 4 heteroatoms. The van der Waals surface area contributed by atoms with Crippen LogP contribution in [0.4, 0.5) is 0 Å². The second-order valence-electron chi connectivity index (χ2n) is 3.09. The molecule has 82 valence electrons. The highest BCUT2D eigenvalue weighted by atomic mass is 79.9. The number of rotatable bonds is 4. The number of alkyl halides is 1. The quantitative estimate of drug-likeness (QED) is 0.621. The lowest BCUT2D eigenvalue weighted by molar-refractivity contribution is 0.0599. The van der Waals surface area contributed by atoms with Crippen molar-refractivity contribution in [2.24, 2.45) is 0 Å². The highest BCUT2D eigenvalue weighted by Gasteiger charge is 2.11. The molecule has 1 aromatic carbocycles. The highest BCUT2D eigenvalue weighted by molar-refractivity contribution is 9.10. The lowest BCUT2D eigenvalue weighted by Crippen LogP contribution is -2.06. The van der Waals surface area contributed by atoms with Gasteiger partial charge in [0.25, 0.3) is 0 Å². The summed E-state index contributed by atoms with van der Waals surface area (Å²) >= 11 is 6.72. The van der Waals surface area contributed by atoms with Gasteiger partial charge in [-0.1, -0.05) is 37.9 Å². The van der Waals surface area contributed by atoms with Crippen LogP contribution in [0.1, 0.15) is 22.3 Å². The van der Waals surface area contributed by atoms with Crippen molar-refractivity contribution < 1.29 is 9.53 Å². The summed E-state index contributed by atoms with van der Waals surface area (Å²) in [4.78, 5) is 11.5. The Morgan fingerprint density at radius 1 is 1.47 bits per heavy atom. The van der Waals surface area contributed by atoms with E-state index in [1.807, 2.05) is 12.1 Å². The number of aryl methyl sites for hydroxylation is 1. The van der Waals surface area contributed by atoms with E-state index in [0.717, 1.165) is 28.2 Å². The van der Waals surface area contributed by atoms with E-state index in [4.69, 9.17) is 4.74 Å². The number of carbonyl (C=O) groups excluding carboxylic acids is 1. The molecule has 0 aromatic heterocycles. The maximum absolute atomic E-state index is 11.5. The summed E-state index contributed by atoms with van der Waals surface area (Å²) in [7, 11) is 1.40. The number of carbonyl (C=O) groups is 1. The molecule has 0 unspecified atom stereocenters. The molecule has 2 nitrogen and oxygen atoms in total. The molecule has 0 aliphatic carbocycles. The van der Waals surface area contributed by atoms with Crippen molar-refractivity contribution in [1.29, 1.82) is 0 Å². The van der Waals surface area contributed by atoms with Gasteiger partial charge in [-0.3, -0.25) is 0 Å². The van der Waals surface area contributed by atoms with Gasteiger partial charge in [0.1, 0.15) is 0 Å². The maximum atomic E-state index is 11.5. The van der Waals surface area contributed by atoms with Crippen LogP contribution >= 0.6 is 31.9 Å². The van der Waals surface area contributed by atoms with Gasteiger partial charge in [0.15, 0.2) is 0 Å². The molecule has 0 bridgehead atoms. The first kappa shape index (κ1) is 12.7. The van der Waals surface area contributed by atoms with Gasteiger partial charge < -0.3 is 4.74 Å². The largest absolute Gasteiger partial charge is 0.465 e. The van der Waals surface area contributed by atoms with Gasteiger partial charge in [0.05, 0.1) is 12.7 Å². The molecule has 0 spiro atoms. The molecule has 0 amide bonds. The first-order valence-electron chi connectivity index (χ1n) is 4.61. The molecule has 0 atom stereocenters. The Kier molecular flexibility index (Phi) is 5.32. The zero-order chi connectivity index (χ0) is 11.3. The summed E-state index contributed by atoms with van der Waals surface area (Å²) in [6, 6.07) is 5.70. The molecular formula is C11H12Br2O2. The third-order valence-electron chi connectivity index (χ3n) is 2.06. The normalized spacial score (nSPS) is 10.1. The SMILES string of the molecule is COC(=O)c1cc(Br)ccc1CCCBr. The van der Waals surface area contributed by atoms with Crippen LogP contribution in [0.2, 0.25) is 0 Å². The molecule has 0 aliphatic heterocycles. The van der Waals surface area contributed by atoms with Crippen LogP contribution in [-0.4, -0.2) is 18.4 Å². The fourth-order valence-electron chi connectivity index (χ4n) is 1.32. The standard InChI is InChI=1S/C11H12Br2O2/c1-15-11(14)10-7-9(13)5-4-8(10)3-2-6-12/h4-5,7H,2-3,6H2,1H3. The summed E-state index contributed by atoms with van der Waals surface area (Å²) < 4.78 is 5.63. The van der Waals surface area contributed by atoms with Crippen LogP contribution in [0.5, 0.6) is 0 Å². The summed E-state index contributed by atoms with van der Waals surface area (Å²) in [5.74, 6) is -0.277. The van der Waals surface area contributed by atoms with E-state index < -0.39 is 0 Å². The minimum absolute atomic E-state index is 0.277. The number of methoxy groups -OCH3 is 1. The number of hydrogen-bond donors (Lipinski definition) is 0. The highest BCUT2D eigenvalue weighted by Crippen LogP contribution is 2.19. The monoisotopic (exact) mass is 334 g/mol. The molecule has 0 saturated heterocycles. The second kappa shape index (κ2) is 6.28. The van der Waals surface area contributed by atoms with E-state index in [9.17, 15) is 4.79 Å². The predicted octanol–water partition coefficient (Wildman–Crippen LogP) is 3.56. The molecular weight excluding hydrogens is 324 g/mol. The van der Waals surface area contributed by atoms with Crippen LogP contribution in [0.3, 0.4) is 0 Å². The van der Waals surface area contributed by atoms with Crippen LogP contribution < -0.4 is 0 Å². The zero-order valence-corrected chi connectivity index (χ0v) is 11.6. The number of halogens is 2. The summed E-state index contributed by atoms with van der Waals surface area (Å²) in [6.07, 6.45) is 1.88. The van der Waals surface area contributed by atoms with E-state index in [0.29, 0.717) is 5.56 Å². The van der Waals surface area contributed by atoms with Gasteiger partial charge in [-0.2, -0.15) is 0 Å². The van der Waals surface area contributed by atoms with E-state index in [2.05, 4.69) is 31.9 Å². The number of benzene rings is 1. The Labute approximate surface area is 106 Å². The van der Waals surface area contributed by atoms with E-state index in [-0.39, 0.29) is 5.97 Å². The Bertz CT molecular complexity index is 350. The van der Waals surface area contributed by atoms with Crippen molar-refractivity contribution in [3.05, 3.63) is 33.8 Å². The lowest BCUT2D eigenvalue weighted by atomic mass is 10.0. The average Bonchev–Trinajstić information content (AvgIpc) is 2.26. The molecule has 1 rings (SSSR count). The second-order valence-corrected chi connectivity index (χ2v) is 4.79. The molecule has 0 heterocycles. The average molecular weight is 336 g/mol. The Morgan fingerprint density at radius 2 is 2.20 bits per heavy atom. The van der Waals surface area contributed by atoms with Crippen LogP contribution in [-0.2, 0) is 11.2 Å². The van der Waals surface area contributed by atoms with Crippen molar-refractivity contribution in [3.63, 3.8) is 0 Å². The molecule has 0 aliphatic rings. The minimum atomic E-state index is -0.277. The van der Waals surface area contributed by atoms with Gasteiger partial charge in [0.2, 0.25) is 0 Å². The van der Waals surface area contributed by atoms with Crippen molar-refractivity contribution >= 4 is 37.8 Å². The van der Waals surface area contributed by atoms with Crippen molar-refractivity contribution in [1.82, 2.24) is 0 Å². The summed E-state index contributed by atoms with van der Waals surface area (Å²) in [5.41, 5.74) is 1.68. The molecule has 1 aromatic rings. The fraction of sp³-hybridized carbons (Fsp3) is 0.364. The van der Waals surface area contributed by atoms with Gasteiger partial charge in [-0.05, 0) is 30.5 Å².